The Morgan fingerprint density at radius 3 is 1.73 bits per heavy atom. The fourth-order valence-corrected chi connectivity index (χ4v) is 116. The van der Waals surface area contributed by atoms with Gasteiger partial charge < -0.3 is 0 Å². The van der Waals surface area contributed by atoms with Gasteiger partial charge in [-0.2, -0.15) is 0 Å². The van der Waals surface area contributed by atoms with Crippen LogP contribution in [0.4, 0.5) is 0 Å². The molecule has 12 heterocycles. The van der Waals surface area contributed by atoms with Crippen molar-refractivity contribution in [1.82, 2.24) is 9.97 Å². The summed E-state index contributed by atoms with van der Waals surface area (Å²) in [7, 11) is 7.26. The molecule has 5 heteroatoms. The monoisotopic (exact) mass is 622 g/mol. The standard InChI is InChI=1S/C27H31N2P2.C9H13.Fe/c30-17-26(20-13-18-12-19(15-20)16-21(26)14-18)22-6-5-7-23(22)27(31,24-8-1-3-10-28-24)25-9-2-4-11-29-25;1-9(2,3)8-6-4-5-7-8;/h1-11,18-21H,12-17,30-31H2;4-7H,1-3H3;. The molecule has 1 spiro atoms. The predicted molar refractivity (Wildman–Crippen MR) is 167 cm³/mol. The molecule has 14 aliphatic rings. The fourth-order valence-electron chi connectivity index (χ4n) is 28.3. The summed E-state index contributed by atoms with van der Waals surface area (Å²) in [5.41, 5.74) is 3.79. The van der Waals surface area contributed by atoms with Gasteiger partial charge in [0.25, 0.3) is 0 Å². The zero-order valence-electron chi connectivity index (χ0n) is 24.6. The molecule has 2 aromatic rings. The zero-order valence-corrected chi connectivity index (χ0v) is 28.0. The van der Waals surface area contributed by atoms with Crippen LogP contribution in [0.25, 0.3) is 0 Å². The molecule has 0 aromatic carbocycles. The minimum atomic E-state index is -4.32. The molecule has 14 fully saturated rings. The average Bonchev–Trinajstić information content (AvgIpc) is 3.92. The van der Waals surface area contributed by atoms with Gasteiger partial charge in [-0.25, -0.2) is 0 Å². The normalized spacial score (nSPS) is 76.0. The van der Waals surface area contributed by atoms with Crippen LogP contribution in [0.5, 0.6) is 0 Å². The predicted octanol–water partition coefficient (Wildman–Crippen LogP) is 9.46. The number of nitrogens with zero attached hydrogens (tertiary/aromatic N) is 2. The molecule has 11 unspecified atom stereocenters. The summed E-state index contributed by atoms with van der Waals surface area (Å²) in [6.07, 6.45) is 13.5. The molecular weight excluding hydrogens is 578 g/mol. The quantitative estimate of drug-likeness (QED) is 0.245. The molecule has 0 N–H and O–H groups in total. The topological polar surface area (TPSA) is 25.8 Å². The molecule has 11 atom stereocenters. The second-order valence-corrected chi connectivity index (χ2v) is 45.0. The van der Waals surface area contributed by atoms with Crippen molar-refractivity contribution in [2.24, 2.45) is 34.5 Å². The first-order valence-corrected chi connectivity index (χ1v) is 24.5. The van der Waals surface area contributed by atoms with E-state index in [0.29, 0.717) is 19.5 Å². The molecule has 4 saturated carbocycles. The van der Waals surface area contributed by atoms with Crippen LogP contribution in [0.3, 0.4) is 0 Å². The van der Waals surface area contributed by atoms with E-state index >= 15 is 0 Å². The molecule has 4 aliphatic carbocycles. The van der Waals surface area contributed by atoms with E-state index in [4.69, 9.17) is 9.97 Å². The number of pyridine rings is 2. The van der Waals surface area contributed by atoms with E-state index in [2.05, 4.69) is 88.0 Å². The first kappa shape index (κ1) is 21.4. The molecule has 0 amide bonds. The third-order valence-electron chi connectivity index (χ3n) is 24.4. The summed E-state index contributed by atoms with van der Waals surface area (Å²) >= 11 is 0. The number of fused-ring (bicyclic) bond motifs is 11. The molecule has 41 heavy (non-hydrogen) atoms. The molecule has 2 aromatic heterocycles. The molecule has 0 radical (unpaired) electrons. The second-order valence-electron chi connectivity index (χ2n) is 20.9. The van der Waals surface area contributed by atoms with Gasteiger partial charge in [-0.05, 0) is 0 Å². The van der Waals surface area contributed by atoms with E-state index in [0.717, 1.165) is 32.8 Å². The van der Waals surface area contributed by atoms with Gasteiger partial charge in [0.15, 0.2) is 0 Å². The van der Waals surface area contributed by atoms with Gasteiger partial charge in [-0.15, -0.1) is 0 Å². The molecule has 16 rings (SSSR count). The van der Waals surface area contributed by atoms with Crippen LogP contribution in [0.1, 0.15) is 64.3 Å². The Labute approximate surface area is 239 Å². The minimum absolute atomic E-state index is 0.112. The Hall–Kier alpha value is -0.321. The van der Waals surface area contributed by atoms with E-state index in [9.17, 15) is 0 Å². The number of aromatic nitrogens is 2. The van der Waals surface area contributed by atoms with Crippen molar-refractivity contribution in [3.8, 4) is 0 Å². The van der Waals surface area contributed by atoms with Crippen molar-refractivity contribution in [2.45, 2.75) is 105 Å². The third-order valence-corrected chi connectivity index (χ3v) is 70.5. The molecule has 10 saturated heterocycles. The molecular formula is C36H44FeN2P2. The third kappa shape index (κ3) is 0.518. The van der Waals surface area contributed by atoms with Crippen molar-refractivity contribution in [3.63, 3.8) is 0 Å². The van der Waals surface area contributed by atoms with Gasteiger partial charge in [0.2, 0.25) is 0 Å². The summed E-state index contributed by atoms with van der Waals surface area (Å²) in [6, 6.07) is 13.8. The molecule has 4 bridgehead atoms. The SMILES string of the molecule is CC(C)(C)[C]12[CH]3[CH]4[CH]5[CH]1[Fe]45321678[CH]2[CH]1[C]6(C(P)(c1ccccn1)c1ccccn1)[C]7(C1(CP)C3CC4CC(C3)CC1C4)[CH]28. The van der Waals surface area contributed by atoms with Crippen LogP contribution in [0, 0.1) is 34.5 Å². The Morgan fingerprint density at radius 1 is 0.780 bits per heavy atom. The first-order chi connectivity index (χ1) is 19.5. The van der Waals surface area contributed by atoms with Gasteiger partial charge in [0, 0.05) is 0 Å². The van der Waals surface area contributed by atoms with Crippen molar-refractivity contribution in [2.75, 3.05) is 6.16 Å². The van der Waals surface area contributed by atoms with Gasteiger partial charge in [-0.1, -0.05) is 0 Å². The fraction of sp³-hybridized carbons (Fsp3) is 0.722. The van der Waals surface area contributed by atoms with E-state index in [1.807, 2.05) is 0 Å². The summed E-state index contributed by atoms with van der Waals surface area (Å²) in [5.74, 6) is 4.11. The van der Waals surface area contributed by atoms with Gasteiger partial charge >= 0.3 is 240 Å². The molecule has 216 valence electrons. The van der Waals surface area contributed by atoms with E-state index < -0.39 is 6.51 Å². The van der Waals surface area contributed by atoms with E-state index in [1.165, 1.54) is 46.4 Å². The van der Waals surface area contributed by atoms with E-state index in [1.54, 1.807) is 32.1 Å². The van der Waals surface area contributed by atoms with Crippen LogP contribution < -0.4 is 0 Å². The van der Waals surface area contributed by atoms with Gasteiger partial charge in [0.1, 0.15) is 0 Å². The van der Waals surface area contributed by atoms with Crippen LogP contribution in [-0.4, -0.2) is 16.1 Å². The second kappa shape index (κ2) is 3.22. The maximum absolute atomic E-state index is 5.37. The number of hydrogen-bond acceptors (Lipinski definition) is 2. The summed E-state index contributed by atoms with van der Waals surface area (Å²) in [6.45, 7) is 3.94. The van der Waals surface area contributed by atoms with Gasteiger partial charge in [-0.3, -0.25) is 0 Å². The number of rotatable bonds is 5. The first-order valence-electron chi connectivity index (χ1n) is 17.0. The van der Waals surface area contributed by atoms with Crippen LogP contribution >= 0.6 is 18.5 Å². The Balaban J connectivity index is 1.16. The Kier molecular flexibility index (Phi) is 1.68. The van der Waals surface area contributed by atoms with Crippen LogP contribution in [-0.2, 0) is 11.7 Å². The molecule has 2 nitrogen and oxygen atoms in total. The van der Waals surface area contributed by atoms with Gasteiger partial charge in [0.05, 0.1) is 0 Å². The Bertz CT molecular complexity index is 2120. The summed E-state index contributed by atoms with van der Waals surface area (Å²) in [4.78, 5) is 19.2. The zero-order chi connectivity index (χ0) is 27.1. The summed E-state index contributed by atoms with van der Waals surface area (Å²) in [5, 5.41) is -0.112. The van der Waals surface area contributed by atoms with Crippen molar-refractivity contribution < 1.29 is 6.51 Å². The van der Waals surface area contributed by atoms with Crippen molar-refractivity contribution >= 4 is 18.5 Å². The van der Waals surface area contributed by atoms with Crippen molar-refractivity contribution in [1.29, 1.82) is 0 Å². The maximum atomic E-state index is 5.37. The van der Waals surface area contributed by atoms with Crippen molar-refractivity contribution in [3.05, 3.63) is 60.2 Å². The van der Waals surface area contributed by atoms with Crippen LogP contribution in [0.2, 0.25) is 46.7 Å². The molecule has 10 aliphatic heterocycles. The summed E-state index contributed by atoms with van der Waals surface area (Å²) < 4.78 is 1.98. The van der Waals surface area contributed by atoms with Crippen LogP contribution in [0.15, 0.2) is 48.8 Å². The Morgan fingerprint density at radius 2 is 1.34 bits per heavy atom. The number of hydrogen-bond donors (Lipinski definition) is 0. The average molecular weight is 623 g/mol. The van der Waals surface area contributed by atoms with E-state index in [-0.39, 0.29) is 5.16 Å².